The summed E-state index contributed by atoms with van der Waals surface area (Å²) in [5.41, 5.74) is 8.57. The molecule has 0 spiro atoms. The standard InChI is InChI=1S/C46H28N4O3/c1-3-11-29(12-4-1)49(31-19-21-35-33-15-7-9-17-39(33)51-41(35)23-31)45-25-43-37(27-47-45)38-28-48-46(26-44(38)53-43)50(30-13-5-2-6-14-30)32-20-22-36-34-16-8-10-18-40(34)52-42(36)24-32/h1-28H. The minimum absolute atomic E-state index is 0.713. The zero-order chi connectivity index (χ0) is 34.9. The number of nitrogens with zero attached hydrogens (tertiary/aromatic N) is 4. The summed E-state index contributed by atoms with van der Waals surface area (Å²) >= 11 is 0. The molecule has 0 unspecified atom stereocenters. The Morgan fingerprint density at radius 1 is 0.302 bits per heavy atom. The van der Waals surface area contributed by atoms with Gasteiger partial charge in [0.15, 0.2) is 0 Å². The van der Waals surface area contributed by atoms with Crippen molar-refractivity contribution in [3.05, 3.63) is 170 Å². The van der Waals surface area contributed by atoms with Crippen molar-refractivity contribution in [1.82, 2.24) is 9.97 Å². The summed E-state index contributed by atoms with van der Waals surface area (Å²) in [5.74, 6) is 1.44. The summed E-state index contributed by atoms with van der Waals surface area (Å²) in [5, 5.41) is 6.11. The SMILES string of the molecule is c1ccc(N(c2ccc3c(c2)oc2ccccc23)c2cc3oc4cc(N(c5ccccc5)c5ccc6c(c5)oc5ccccc56)ncc4c3cn2)cc1. The molecule has 0 fully saturated rings. The highest BCUT2D eigenvalue weighted by Crippen LogP contribution is 2.42. The number of para-hydroxylation sites is 4. The molecule has 53 heavy (non-hydrogen) atoms. The van der Waals surface area contributed by atoms with E-state index in [4.69, 9.17) is 23.2 Å². The Kier molecular flexibility index (Phi) is 6.42. The van der Waals surface area contributed by atoms with Crippen molar-refractivity contribution >= 4 is 100 Å². The number of pyridine rings is 2. The third-order valence-electron chi connectivity index (χ3n) is 9.94. The first-order valence-electron chi connectivity index (χ1n) is 17.5. The average Bonchev–Trinajstić information content (AvgIpc) is 3.89. The lowest BCUT2D eigenvalue weighted by atomic mass is 10.1. The average molecular weight is 685 g/mol. The van der Waals surface area contributed by atoms with Crippen molar-refractivity contribution in [3.63, 3.8) is 0 Å². The summed E-state index contributed by atoms with van der Waals surface area (Å²) in [7, 11) is 0. The molecule has 0 aliphatic carbocycles. The Labute approximate surface area is 302 Å². The lowest BCUT2D eigenvalue weighted by Gasteiger charge is -2.24. The fraction of sp³-hybridized carbons (Fsp3) is 0. The van der Waals surface area contributed by atoms with Crippen LogP contribution in [0.1, 0.15) is 0 Å². The molecule has 5 aromatic heterocycles. The van der Waals surface area contributed by atoms with E-state index in [-0.39, 0.29) is 0 Å². The highest BCUT2D eigenvalue weighted by Gasteiger charge is 2.21. The fourth-order valence-corrected chi connectivity index (χ4v) is 7.48. The molecule has 0 saturated heterocycles. The second-order valence-electron chi connectivity index (χ2n) is 13.1. The Morgan fingerprint density at radius 2 is 0.679 bits per heavy atom. The highest BCUT2D eigenvalue weighted by atomic mass is 16.3. The second-order valence-corrected chi connectivity index (χ2v) is 13.1. The van der Waals surface area contributed by atoms with Gasteiger partial charge >= 0.3 is 0 Å². The van der Waals surface area contributed by atoms with Crippen LogP contribution in [-0.2, 0) is 0 Å². The van der Waals surface area contributed by atoms with Crippen molar-refractivity contribution in [1.29, 1.82) is 0 Å². The van der Waals surface area contributed by atoms with Crippen LogP contribution in [0.15, 0.2) is 183 Å². The van der Waals surface area contributed by atoms with Crippen molar-refractivity contribution in [2.24, 2.45) is 0 Å². The van der Waals surface area contributed by atoms with Gasteiger partial charge in [0, 0.05) is 80.4 Å². The Balaban J connectivity index is 1.03. The van der Waals surface area contributed by atoms with Crippen LogP contribution in [0.25, 0.3) is 65.8 Å². The third-order valence-corrected chi connectivity index (χ3v) is 9.94. The zero-order valence-corrected chi connectivity index (χ0v) is 28.2. The van der Waals surface area contributed by atoms with Gasteiger partial charge in [0.05, 0.1) is 11.4 Å². The number of benzene rings is 6. The molecular weight excluding hydrogens is 657 g/mol. The van der Waals surface area contributed by atoms with Crippen LogP contribution in [0, 0.1) is 0 Å². The number of aromatic nitrogens is 2. The molecule has 0 amide bonds. The maximum atomic E-state index is 6.63. The molecule has 0 atom stereocenters. The van der Waals surface area contributed by atoms with E-state index in [2.05, 4.69) is 82.6 Å². The smallest absolute Gasteiger partial charge is 0.141 e. The van der Waals surface area contributed by atoms with Crippen molar-refractivity contribution < 1.29 is 13.3 Å². The first kappa shape index (κ1) is 29.4. The van der Waals surface area contributed by atoms with Crippen LogP contribution in [0.5, 0.6) is 0 Å². The van der Waals surface area contributed by atoms with Gasteiger partial charge in [-0.2, -0.15) is 0 Å². The molecule has 0 aliphatic heterocycles. The van der Waals surface area contributed by atoms with Gasteiger partial charge in [-0.25, -0.2) is 9.97 Å². The van der Waals surface area contributed by atoms with Gasteiger partial charge in [-0.1, -0.05) is 72.8 Å². The van der Waals surface area contributed by atoms with E-state index in [1.54, 1.807) is 0 Å². The van der Waals surface area contributed by atoms with E-state index in [9.17, 15) is 0 Å². The van der Waals surface area contributed by atoms with Gasteiger partial charge in [0.25, 0.3) is 0 Å². The van der Waals surface area contributed by atoms with Crippen LogP contribution in [0.4, 0.5) is 34.4 Å². The fourth-order valence-electron chi connectivity index (χ4n) is 7.48. The summed E-state index contributed by atoms with van der Waals surface area (Å²) in [4.78, 5) is 14.2. The van der Waals surface area contributed by atoms with Crippen LogP contribution < -0.4 is 9.80 Å². The van der Waals surface area contributed by atoms with Crippen LogP contribution in [-0.4, -0.2) is 9.97 Å². The molecular formula is C46H28N4O3. The minimum atomic E-state index is 0.713. The van der Waals surface area contributed by atoms with E-state index in [1.165, 1.54) is 0 Å². The molecule has 0 saturated carbocycles. The largest absolute Gasteiger partial charge is 0.456 e. The van der Waals surface area contributed by atoms with Crippen molar-refractivity contribution in [3.8, 4) is 0 Å². The Morgan fingerprint density at radius 3 is 1.15 bits per heavy atom. The number of rotatable bonds is 6. The lowest BCUT2D eigenvalue weighted by molar-refractivity contribution is 0.668. The molecule has 250 valence electrons. The van der Waals surface area contributed by atoms with Gasteiger partial charge in [0.1, 0.15) is 45.1 Å². The van der Waals surface area contributed by atoms with E-state index in [1.807, 2.05) is 97.3 Å². The molecule has 7 nitrogen and oxygen atoms in total. The monoisotopic (exact) mass is 684 g/mol. The molecule has 6 aromatic carbocycles. The summed E-state index contributed by atoms with van der Waals surface area (Å²) in [6, 6.07) is 53.2. The molecule has 11 aromatic rings. The van der Waals surface area contributed by atoms with Crippen molar-refractivity contribution in [2.75, 3.05) is 9.80 Å². The summed E-state index contributed by atoms with van der Waals surface area (Å²) in [6.45, 7) is 0. The third kappa shape index (κ3) is 4.75. The topological polar surface area (TPSA) is 71.7 Å². The van der Waals surface area contributed by atoms with Gasteiger partial charge in [-0.05, 0) is 60.7 Å². The maximum Gasteiger partial charge on any atom is 0.141 e. The first-order valence-corrected chi connectivity index (χ1v) is 17.5. The number of furan rings is 3. The highest BCUT2D eigenvalue weighted by molar-refractivity contribution is 6.08. The molecule has 0 N–H and O–H groups in total. The van der Waals surface area contributed by atoms with Crippen molar-refractivity contribution in [2.45, 2.75) is 0 Å². The number of anilines is 6. The molecule has 5 heterocycles. The molecule has 0 aliphatic rings. The van der Waals surface area contributed by atoms with E-state index in [0.717, 1.165) is 89.0 Å². The predicted molar refractivity (Wildman–Crippen MR) is 213 cm³/mol. The normalized spacial score (nSPS) is 11.8. The molecule has 0 bridgehead atoms. The van der Waals surface area contributed by atoms with E-state index >= 15 is 0 Å². The zero-order valence-electron chi connectivity index (χ0n) is 28.2. The number of fused-ring (bicyclic) bond motifs is 9. The van der Waals surface area contributed by atoms with Gasteiger partial charge < -0.3 is 13.3 Å². The minimum Gasteiger partial charge on any atom is -0.456 e. The van der Waals surface area contributed by atoms with Gasteiger partial charge in [0.2, 0.25) is 0 Å². The quantitative estimate of drug-likeness (QED) is 0.173. The Hall–Kier alpha value is -7.38. The summed E-state index contributed by atoms with van der Waals surface area (Å²) < 4.78 is 19.2. The van der Waals surface area contributed by atoms with Gasteiger partial charge in [-0.15, -0.1) is 0 Å². The first-order chi connectivity index (χ1) is 26.2. The maximum absolute atomic E-state index is 6.63. The van der Waals surface area contributed by atoms with E-state index < -0.39 is 0 Å². The number of hydrogen-bond donors (Lipinski definition) is 0. The molecule has 0 radical (unpaired) electrons. The van der Waals surface area contributed by atoms with E-state index in [0.29, 0.717) is 11.2 Å². The molecule has 7 heteroatoms. The van der Waals surface area contributed by atoms with Crippen LogP contribution in [0.2, 0.25) is 0 Å². The molecule has 11 rings (SSSR count). The van der Waals surface area contributed by atoms with Gasteiger partial charge in [-0.3, -0.25) is 9.80 Å². The lowest BCUT2D eigenvalue weighted by Crippen LogP contribution is -2.11. The number of hydrogen-bond acceptors (Lipinski definition) is 7. The predicted octanol–water partition coefficient (Wildman–Crippen LogP) is 13.1. The van der Waals surface area contributed by atoms with Crippen LogP contribution in [0.3, 0.4) is 0 Å². The Bertz CT molecular complexity index is 2930. The van der Waals surface area contributed by atoms with Crippen LogP contribution >= 0.6 is 0 Å². The summed E-state index contributed by atoms with van der Waals surface area (Å²) in [6.07, 6.45) is 3.75. The second kappa shape index (κ2) is 11.6.